The maximum Gasteiger partial charge on any atom is 0.271 e. The van der Waals surface area contributed by atoms with Crippen LogP contribution < -0.4 is 15.1 Å². The van der Waals surface area contributed by atoms with Crippen molar-refractivity contribution in [2.24, 2.45) is 11.8 Å². The summed E-state index contributed by atoms with van der Waals surface area (Å²) < 4.78 is 0. The van der Waals surface area contributed by atoms with Crippen molar-refractivity contribution in [1.82, 2.24) is 0 Å². The van der Waals surface area contributed by atoms with Crippen LogP contribution in [0.4, 0.5) is 28.4 Å². The molecule has 200 valence electrons. The van der Waals surface area contributed by atoms with E-state index in [9.17, 15) is 34.6 Å². The van der Waals surface area contributed by atoms with Crippen LogP contribution in [0.2, 0.25) is 0 Å². The van der Waals surface area contributed by atoms with Gasteiger partial charge in [-0.15, -0.1) is 0 Å². The topological polar surface area (TPSA) is 156 Å². The van der Waals surface area contributed by atoms with Gasteiger partial charge >= 0.3 is 0 Å². The molecule has 3 heterocycles. The van der Waals surface area contributed by atoms with Crippen LogP contribution in [-0.4, -0.2) is 39.7 Å². The summed E-state index contributed by atoms with van der Waals surface area (Å²) >= 11 is 0. The number of nitrogens with one attached hydrogen (secondary N) is 1. The van der Waals surface area contributed by atoms with Crippen molar-refractivity contribution in [2.75, 3.05) is 15.1 Å². The zero-order valence-electron chi connectivity index (χ0n) is 21.0. The van der Waals surface area contributed by atoms with Gasteiger partial charge in [0, 0.05) is 35.6 Å². The molecule has 0 spiro atoms. The molecule has 40 heavy (non-hydrogen) atoms. The first-order chi connectivity index (χ1) is 19.2. The molecule has 0 bridgehead atoms. The Morgan fingerprint density at radius 3 is 2.20 bits per heavy atom. The van der Waals surface area contributed by atoms with Crippen LogP contribution in [0.25, 0.3) is 6.08 Å². The molecule has 0 aliphatic carbocycles. The van der Waals surface area contributed by atoms with Crippen molar-refractivity contribution in [1.29, 1.82) is 0 Å². The second kappa shape index (κ2) is 9.12. The Kier molecular flexibility index (Phi) is 5.68. The minimum Gasteiger partial charge on any atom is -0.351 e. The highest BCUT2D eigenvalue weighted by Crippen LogP contribution is 2.49. The first-order valence-corrected chi connectivity index (χ1v) is 12.4. The minimum absolute atomic E-state index is 0.111. The highest BCUT2D eigenvalue weighted by atomic mass is 16.6. The zero-order chi connectivity index (χ0) is 28.3. The van der Waals surface area contributed by atoms with Gasteiger partial charge in [0.15, 0.2) is 0 Å². The molecular weight excluding hydrogens is 518 g/mol. The second-order valence-electron chi connectivity index (χ2n) is 9.85. The summed E-state index contributed by atoms with van der Waals surface area (Å²) in [6, 6.07) is 14.9. The molecule has 4 atom stereocenters. The predicted molar refractivity (Wildman–Crippen MR) is 145 cm³/mol. The Morgan fingerprint density at radius 1 is 0.850 bits per heavy atom. The van der Waals surface area contributed by atoms with E-state index in [1.807, 2.05) is 24.3 Å². The molecule has 3 aliphatic heterocycles. The van der Waals surface area contributed by atoms with Crippen LogP contribution in [0.5, 0.6) is 0 Å². The summed E-state index contributed by atoms with van der Waals surface area (Å²) in [7, 11) is 0. The van der Waals surface area contributed by atoms with Crippen molar-refractivity contribution in [3.63, 3.8) is 0 Å². The molecule has 0 saturated carbocycles. The normalized spacial score (nSPS) is 22.5. The monoisotopic (exact) mass is 539 g/mol. The number of carbonyl (C=O) groups is 3. The van der Waals surface area contributed by atoms with Crippen molar-refractivity contribution >= 4 is 52.2 Å². The number of amides is 3. The van der Waals surface area contributed by atoms with Gasteiger partial charge in [0.05, 0.1) is 33.4 Å². The van der Waals surface area contributed by atoms with Crippen LogP contribution in [0.3, 0.4) is 0 Å². The van der Waals surface area contributed by atoms with Crippen LogP contribution in [0.1, 0.15) is 11.1 Å². The number of para-hydroxylation sites is 1. The molecule has 3 aromatic carbocycles. The first-order valence-electron chi connectivity index (χ1n) is 12.4. The van der Waals surface area contributed by atoms with Gasteiger partial charge in [-0.3, -0.25) is 34.6 Å². The number of nitrogens with zero attached hydrogens (tertiary/aromatic N) is 4. The van der Waals surface area contributed by atoms with E-state index in [2.05, 4.69) is 5.32 Å². The molecule has 12 heteroatoms. The maximum absolute atomic E-state index is 14.0. The minimum atomic E-state index is -1.10. The zero-order valence-corrected chi connectivity index (χ0v) is 21.0. The molecule has 3 amide bonds. The fraction of sp³-hybridized carbons (Fsp3) is 0.179. The molecular formula is C28H21N5O7. The average molecular weight is 540 g/mol. The van der Waals surface area contributed by atoms with Gasteiger partial charge in [0.25, 0.3) is 11.4 Å². The number of aryl methyl sites for hydroxylation is 1. The van der Waals surface area contributed by atoms with E-state index in [-0.39, 0.29) is 17.1 Å². The van der Waals surface area contributed by atoms with Crippen molar-refractivity contribution < 1.29 is 24.2 Å². The largest absolute Gasteiger partial charge is 0.351 e. The van der Waals surface area contributed by atoms with E-state index in [4.69, 9.17) is 0 Å². The van der Waals surface area contributed by atoms with E-state index in [1.54, 1.807) is 24.0 Å². The van der Waals surface area contributed by atoms with Crippen molar-refractivity contribution in [2.45, 2.75) is 19.0 Å². The van der Waals surface area contributed by atoms with Crippen LogP contribution in [-0.2, 0) is 14.4 Å². The van der Waals surface area contributed by atoms with Gasteiger partial charge in [0.1, 0.15) is 6.04 Å². The SMILES string of the molecule is Cc1ccc([N+](=O)[O-])cc1N1C(=O)[C@@H]2[C@H](C1=O)[C@@H]1C=Cc3ccccc3N1[C@@H]2C(=O)Nc1ccc([N+](=O)[O-])cc1. The Bertz CT molecular complexity index is 1650. The Hall–Kier alpha value is -5.39. The number of imide groups is 1. The maximum atomic E-state index is 14.0. The molecule has 0 aromatic heterocycles. The van der Waals surface area contributed by atoms with Crippen molar-refractivity contribution in [3.05, 3.63) is 104 Å². The second-order valence-corrected chi connectivity index (χ2v) is 9.85. The number of non-ortho nitro benzene ring substituents is 2. The highest BCUT2D eigenvalue weighted by molar-refractivity contribution is 6.25. The van der Waals surface area contributed by atoms with Crippen LogP contribution in [0.15, 0.2) is 72.8 Å². The molecule has 3 aromatic rings. The molecule has 6 rings (SSSR count). The Balaban J connectivity index is 1.43. The number of fused-ring (bicyclic) bond motifs is 5. The predicted octanol–water partition coefficient (Wildman–Crippen LogP) is 3.84. The molecule has 1 N–H and O–H groups in total. The lowest BCUT2D eigenvalue weighted by atomic mass is 9.88. The van der Waals surface area contributed by atoms with E-state index >= 15 is 0 Å². The van der Waals surface area contributed by atoms with Gasteiger partial charge in [0.2, 0.25) is 17.7 Å². The Labute approximate surface area is 226 Å². The Morgan fingerprint density at radius 2 is 1.50 bits per heavy atom. The number of benzene rings is 3. The first kappa shape index (κ1) is 24.9. The van der Waals surface area contributed by atoms with Crippen molar-refractivity contribution in [3.8, 4) is 0 Å². The number of hydrogen-bond donors (Lipinski definition) is 1. The molecule has 0 radical (unpaired) electrons. The third kappa shape index (κ3) is 3.72. The third-order valence-corrected chi connectivity index (χ3v) is 7.67. The summed E-state index contributed by atoms with van der Waals surface area (Å²) in [4.78, 5) is 65.8. The van der Waals surface area contributed by atoms with Crippen LogP contribution in [0, 0.1) is 39.0 Å². The average Bonchev–Trinajstić information content (AvgIpc) is 3.42. The molecule has 2 saturated heterocycles. The molecule has 0 unspecified atom stereocenters. The number of carbonyl (C=O) groups excluding carboxylic acids is 3. The molecule has 2 fully saturated rings. The van der Waals surface area contributed by atoms with Gasteiger partial charge in [-0.1, -0.05) is 36.4 Å². The number of hydrogen-bond acceptors (Lipinski definition) is 8. The lowest BCUT2D eigenvalue weighted by molar-refractivity contribution is -0.385. The summed E-state index contributed by atoms with van der Waals surface area (Å²) in [6.45, 7) is 1.65. The van der Waals surface area contributed by atoms with E-state index in [1.165, 1.54) is 42.5 Å². The molecule has 3 aliphatic rings. The van der Waals surface area contributed by atoms with Gasteiger partial charge in [-0.25, -0.2) is 4.90 Å². The smallest absolute Gasteiger partial charge is 0.271 e. The number of nitro benzene ring substituents is 2. The highest BCUT2D eigenvalue weighted by Gasteiger charge is 2.64. The summed E-state index contributed by atoms with van der Waals surface area (Å²) in [5, 5.41) is 25.2. The fourth-order valence-electron chi connectivity index (χ4n) is 5.89. The fourth-order valence-corrected chi connectivity index (χ4v) is 5.89. The van der Waals surface area contributed by atoms with Gasteiger partial charge < -0.3 is 10.2 Å². The van der Waals surface area contributed by atoms with Gasteiger partial charge in [-0.05, 0) is 36.2 Å². The standard InChI is InChI=1S/C28H21N5O7/c1-15-6-10-19(33(39)40)14-22(15)31-27(35)23-21-13-7-16-4-2-3-5-20(16)30(21)25(24(23)28(31)36)26(34)29-17-8-11-18(12-9-17)32(37)38/h2-14,21,23-25H,1H3,(H,29,34)/t21-,23+,24+,25-/m0/s1. The summed E-state index contributed by atoms with van der Waals surface area (Å²) in [6.07, 6.45) is 3.65. The lowest BCUT2D eigenvalue weighted by Crippen LogP contribution is -2.50. The van der Waals surface area contributed by atoms with E-state index in [0.717, 1.165) is 10.5 Å². The van der Waals surface area contributed by atoms with E-state index < -0.39 is 51.5 Å². The summed E-state index contributed by atoms with van der Waals surface area (Å²) in [5.41, 5.74) is 2.00. The summed E-state index contributed by atoms with van der Waals surface area (Å²) in [5.74, 6) is -3.71. The van der Waals surface area contributed by atoms with E-state index in [0.29, 0.717) is 16.9 Å². The van der Waals surface area contributed by atoms with Gasteiger partial charge in [-0.2, -0.15) is 0 Å². The molecule has 12 nitrogen and oxygen atoms in total. The number of rotatable bonds is 5. The lowest BCUT2D eigenvalue weighted by Gasteiger charge is -2.36. The van der Waals surface area contributed by atoms with Crippen LogP contribution >= 0.6 is 0 Å². The quantitative estimate of drug-likeness (QED) is 0.291. The third-order valence-electron chi connectivity index (χ3n) is 7.67. The number of nitro groups is 2. The number of anilines is 3.